The first-order valence-electron chi connectivity index (χ1n) is 11.5. The molecule has 0 radical (unpaired) electrons. The van der Waals surface area contributed by atoms with E-state index in [-0.39, 0.29) is 25.1 Å². The molecule has 0 spiro atoms. The van der Waals surface area contributed by atoms with Crippen molar-refractivity contribution >= 4 is 31.3 Å². The maximum absolute atomic E-state index is 14.0. The SMILES string of the molecule is O=S(=O)(c1ccc(Oc2ccccc2)cc1)c1cccc(-c2ccccc2)c1S(=O)(=O)c1ccc(Cl)cc1. The molecule has 0 aromatic heterocycles. The van der Waals surface area contributed by atoms with Crippen molar-refractivity contribution in [1.29, 1.82) is 0 Å². The molecule has 0 saturated heterocycles. The summed E-state index contributed by atoms with van der Waals surface area (Å²) < 4.78 is 61.5. The minimum Gasteiger partial charge on any atom is -0.457 e. The van der Waals surface area contributed by atoms with Crippen molar-refractivity contribution in [3.8, 4) is 22.6 Å². The molecule has 0 aliphatic carbocycles. The van der Waals surface area contributed by atoms with Gasteiger partial charge in [-0.1, -0.05) is 72.3 Å². The molecule has 38 heavy (non-hydrogen) atoms. The molecule has 190 valence electrons. The van der Waals surface area contributed by atoms with Crippen molar-refractivity contribution in [2.24, 2.45) is 0 Å². The van der Waals surface area contributed by atoms with Crippen LogP contribution in [0.2, 0.25) is 5.02 Å². The van der Waals surface area contributed by atoms with Crippen LogP contribution in [0, 0.1) is 0 Å². The normalized spacial score (nSPS) is 11.7. The van der Waals surface area contributed by atoms with Gasteiger partial charge in [-0.2, -0.15) is 0 Å². The lowest BCUT2D eigenvalue weighted by Gasteiger charge is -2.16. The summed E-state index contributed by atoms with van der Waals surface area (Å²) in [7, 11) is -8.52. The number of halogens is 1. The first-order valence-corrected chi connectivity index (χ1v) is 14.9. The predicted molar refractivity (Wildman–Crippen MR) is 147 cm³/mol. The molecule has 5 aromatic carbocycles. The lowest BCUT2D eigenvalue weighted by Crippen LogP contribution is -2.12. The van der Waals surface area contributed by atoms with E-state index in [9.17, 15) is 16.8 Å². The maximum Gasteiger partial charge on any atom is 0.208 e. The molecular formula is C30H21ClO5S2. The summed E-state index contributed by atoms with van der Waals surface area (Å²) >= 11 is 5.98. The van der Waals surface area contributed by atoms with E-state index in [0.29, 0.717) is 22.1 Å². The second-order valence-electron chi connectivity index (χ2n) is 8.35. The van der Waals surface area contributed by atoms with Crippen molar-refractivity contribution in [2.75, 3.05) is 0 Å². The number of rotatable bonds is 7. The number of para-hydroxylation sites is 1. The molecule has 5 aromatic rings. The number of ether oxygens (including phenoxy) is 1. The Morgan fingerprint density at radius 1 is 0.500 bits per heavy atom. The number of benzene rings is 5. The molecule has 0 atom stereocenters. The van der Waals surface area contributed by atoms with Crippen LogP contribution in [0.3, 0.4) is 0 Å². The van der Waals surface area contributed by atoms with Crippen LogP contribution in [0.25, 0.3) is 11.1 Å². The van der Waals surface area contributed by atoms with Crippen molar-refractivity contribution in [3.63, 3.8) is 0 Å². The van der Waals surface area contributed by atoms with Gasteiger partial charge in [0.05, 0.1) is 19.6 Å². The van der Waals surface area contributed by atoms with Crippen LogP contribution in [-0.4, -0.2) is 16.8 Å². The lowest BCUT2D eigenvalue weighted by atomic mass is 10.1. The van der Waals surface area contributed by atoms with Gasteiger partial charge in [0.25, 0.3) is 0 Å². The minimum absolute atomic E-state index is 0.0596. The maximum atomic E-state index is 14.0. The Balaban J connectivity index is 1.66. The lowest BCUT2D eigenvalue weighted by molar-refractivity contribution is 0.482. The van der Waals surface area contributed by atoms with Gasteiger partial charge in [-0.25, -0.2) is 16.8 Å². The van der Waals surface area contributed by atoms with E-state index in [2.05, 4.69) is 0 Å². The summed E-state index contributed by atoms with van der Waals surface area (Å²) in [6.45, 7) is 0. The summed E-state index contributed by atoms with van der Waals surface area (Å²) in [5, 5.41) is 0.367. The summed E-state index contributed by atoms with van der Waals surface area (Å²) in [5.41, 5.74) is 0.856. The zero-order valence-corrected chi connectivity index (χ0v) is 22.2. The highest BCUT2D eigenvalue weighted by Crippen LogP contribution is 2.39. The van der Waals surface area contributed by atoms with E-state index in [1.807, 2.05) is 18.2 Å². The van der Waals surface area contributed by atoms with Gasteiger partial charge in [-0.3, -0.25) is 0 Å². The quantitative estimate of drug-likeness (QED) is 0.206. The Labute approximate surface area is 226 Å². The van der Waals surface area contributed by atoms with Gasteiger partial charge in [0.1, 0.15) is 11.5 Å². The molecule has 0 aliphatic heterocycles. The molecule has 0 unspecified atom stereocenters. The molecule has 0 fully saturated rings. The van der Waals surface area contributed by atoms with Crippen molar-refractivity contribution in [3.05, 3.63) is 132 Å². The molecule has 0 N–H and O–H groups in total. The first kappa shape index (κ1) is 25.7. The van der Waals surface area contributed by atoms with Crippen LogP contribution in [0.1, 0.15) is 0 Å². The van der Waals surface area contributed by atoms with Crippen LogP contribution in [0.5, 0.6) is 11.5 Å². The third-order valence-corrected chi connectivity index (χ3v) is 9.92. The van der Waals surface area contributed by atoms with Gasteiger partial charge >= 0.3 is 0 Å². The van der Waals surface area contributed by atoms with Crippen LogP contribution in [-0.2, 0) is 19.7 Å². The predicted octanol–water partition coefficient (Wildman–Crippen LogP) is 7.46. The standard InChI is InChI=1S/C30H21ClO5S2/c31-23-14-18-27(19-15-23)38(34,35)30-28(22-8-3-1-4-9-22)12-7-13-29(30)37(32,33)26-20-16-25(17-21-26)36-24-10-5-2-6-11-24/h1-21H. The summed E-state index contributed by atoms with van der Waals surface area (Å²) in [5.74, 6) is 1.05. The fraction of sp³-hybridized carbons (Fsp3) is 0. The highest BCUT2D eigenvalue weighted by molar-refractivity contribution is 7.94. The van der Waals surface area contributed by atoms with E-state index in [0.717, 1.165) is 0 Å². The molecule has 5 nitrogen and oxygen atoms in total. The van der Waals surface area contributed by atoms with Crippen LogP contribution in [0.15, 0.2) is 147 Å². The Hall–Kier alpha value is -3.91. The Morgan fingerprint density at radius 3 is 1.66 bits per heavy atom. The molecule has 5 rings (SSSR count). The highest BCUT2D eigenvalue weighted by Gasteiger charge is 2.32. The van der Waals surface area contributed by atoms with E-state index < -0.39 is 19.7 Å². The van der Waals surface area contributed by atoms with Crippen molar-refractivity contribution in [1.82, 2.24) is 0 Å². The molecule has 0 amide bonds. The minimum atomic E-state index is -4.27. The largest absolute Gasteiger partial charge is 0.457 e. The fourth-order valence-corrected chi connectivity index (χ4v) is 7.70. The van der Waals surface area contributed by atoms with Gasteiger partial charge in [0.2, 0.25) is 19.7 Å². The van der Waals surface area contributed by atoms with Gasteiger partial charge in [-0.15, -0.1) is 0 Å². The first-order chi connectivity index (χ1) is 18.3. The van der Waals surface area contributed by atoms with E-state index in [4.69, 9.17) is 16.3 Å². The van der Waals surface area contributed by atoms with Gasteiger partial charge in [-0.05, 0) is 72.3 Å². The van der Waals surface area contributed by atoms with Crippen molar-refractivity contribution in [2.45, 2.75) is 19.6 Å². The van der Waals surface area contributed by atoms with E-state index >= 15 is 0 Å². The van der Waals surface area contributed by atoms with Crippen molar-refractivity contribution < 1.29 is 21.6 Å². The summed E-state index contributed by atoms with van der Waals surface area (Å²) in [4.78, 5) is -0.729. The van der Waals surface area contributed by atoms with Crippen LogP contribution >= 0.6 is 11.6 Å². The number of hydrogen-bond donors (Lipinski definition) is 0. The molecule has 0 bridgehead atoms. The van der Waals surface area contributed by atoms with E-state index in [1.54, 1.807) is 54.6 Å². The van der Waals surface area contributed by atoms with Crippen LogP contribution in [0.4, 0.5) is 0 Å². The van der Waals surface area contributed by atoms with Crippen LogP contribution < -0.4 is 4.74 Å². The second-order valence-corrected chi connectivity index (χ2v) is 12.6. The fourth-order valence-electron chi connectivity index (χ4n) is 4.02. The summed E-state index contributed by atoms with van der Waals surface area (Å²) in [6.07, 6.45) is 0. The zero-order valence-electron chi connectivity index (χ0n) is 19.9. The zero-order chi connectivity index (χ0) is 26.8. The third-order valence-electron chi connectivity index (χ3n) is 5.86. The Kier molecular flexibility index (Phi) is 7.08. The topological polar surface area (TPSA) is 77.5 Å². The molecule has 0 heterocycles. The van der Waals surface area contributed by atoms with Gasteiger partial charge in [0.15, 0.2) is 0 Å². The average Bonchev–Trinajstić information content (AvgIpc) is 2.94. The monoisotopic (exact) mass is 560 g/mol. The second kappa shape index (κ2) is 10.5. The van der Waals surface area contributed by atoms with Gasteiger partial charge in [0, 0.05) is 10.6 Å². The third kappa shape index (κ3) is 5.09. The van der Waals surface area contributed by atoms with E-state index in [1.165, 1.54) is 54.6 Å². The highest BCUT2D eigenvalue weighted by atomic mass is 35.5. The number of hydrogen-bond acceptors (Lipinski definition) is 5. The molecular weight excluding hydrogens is 540 g/mol. The smallest absolute Gasteiger partial charge is 0.208 e. The molecule has 8 heteroatoms. The Bertz CT molecular complexity index is 1790. The molecule has 0 aliphatic rings. The Morgan fingerprint density at radius 2 is 1.03 bits per heavy atom. The summed E-state index contributed by atoms with van der Waals surface area (Å²) in [6, 6.07) is 33.9. The molecule has 0 saturated carbocycles. The van der Waals surface area contributed by atoms with Gasteiger partial charge < -0.3 is 4.74 Å². The number of sulfone groups is 2. The average molecular weight is 561 g/mol.